The Bertz CT molecular complexity index is 525. The first-order chi connectivity index (χ1) is 12.0. The van der Waals surface area contributed by atoms with Gasteiger partial charge in [-0.15, -0.1) is 0 Å². The monoisotopic (exact) mass is 349 g/mol. The molecule has 0 unspecified atom stereocenters. The van der Waals surface area contributed by atoms with Crippen LogP contribution >= 0.6 is 0 Å². The van der Waals surface area contributed by atoms with Crippen molar-refractivity contribution in [1.29, 1.82) is 0 Å². The zero-order valence-electron chi connectivity index (χ0n) is 16.6. The number of aryl methyl sites for hydroxylation is 2. The average Bonchev–Trinajstić information content (AvgIpc) is 2.88. The molecule has 0 amide bonds. The third-order valence-corrected chi connectivity index (χ3v) is 4.71. The summed E-state index contributed by atoms with van der Waals surface area (Å²) in [5.74, 6) is 2.58. The van der Waals surface area contributed by atoms with Crippen LogP contribution in [-0.4, -0.2) is 54.8 Å². The molecule has 2 heterocycles. The van der Waals surface area contributed by atoms with Gasteiger partial charge in [-0.2, -0.15) is 0 Å². The van der Waals surface area contributed by atoms with Crippen LogP contribution in [0.4, 0.5) is 0 Å². The van der Waals surface area contributed by atoms with E-state index in [4.69, 9.17) is 9.52 Å². The number of aliphatic imine (C=N–C) groups is 1. The van der Waals surface area contributed by atoms with Gasteiger partial charge < -0.3 is 20.1 Å². The lowest BCUT2D eigenvalue weighted by Crippen LogP contribution is -2.49. The minimum absolute atomic E-state index is 0.514. The van der Waals surface area contributed by atoms with E-state index in [1.165, 1.54) is 38.0 Å². The lowest BCUT2D eigenvalue weighted by atomic mass is 10.0. The number of hydrogen-bond donors (Lipinski definition) is 2. The second kappa shape index (κ2) is 9.80. The molecule has 0 aliphatic carbocycles. The molecule has 1 fully saturated rings. The van der Waals surface area contributed by atoms with Crippen molar-refractivity contribution in [3.63, 3.8) is 0 Å². The molecule has 25 heavy (non-hydrogen) atoms. The molecule has 2 N–H and O–H groups in total. The maximum absolute atomic E-state index is 5.22. The molecule has 142 valence electrons. The number of hydrogen-bond acceptors (Lipinski definition) is 4. The highest BCUT2D eigenvalue weighted by molar-refractivity contribution is 5.80. The van der Waals surface area contributed by atoms with Crippen molar-refractivity contribution in [3.05, 3.63) is 17.0 Å². The Labute approximate surface area is 152 Å². The van der Waals surface area contributed by atoms with Crippen LogP contribution in [0.25, 0.3) is 0 Å². The highest BCUT2D eigenvalue weighted by Crippen LogP contribution is 2.13. The fourth-order valence-electron chi connectivity index (χ4n) is 3.43. The average molecular weight is 350 g/mol. The van der Waals surface area contributed by atoms with Crippen molar-refractivity contribution >= 4 is 5.96 Å². The van der Waals surface area contributed by atoms with Crippen molar-refractivity contribution < 1.29 is 4.52 Å². The van der Waals surface area contributed by atoms with Gasteiger partial charge in [0.2, 0.25) is 0 Å². The molecule has 6 heteroatoms. The fraction of sp³-hybridized carbons (Fsp3) is 0.789. The van der Waals surface area contributed by atoms with E-state index < -0.39 is 0 Å². The Kier molecular flexibility index (Phi) is 7.75. The van der Waals surface area contributed by atoms with Gasteiger partial charge in [-0.1, -0.05) is 19.0 Å². The quantitative estimate of drug-likeness (QED) is 0.585. The number of guanidine groups is 1. The summed E-state index contributed by atoms with van der Waals surface area (Å²) in [4.78, 5) is 7.32. The van der Waals surface area contributed by atoms with Crippen LogP contribution in [0.2, 0.25) is 0 Å². The Morgan fingerprint density at radius 2 is 2.04 bits per heavy atom. The molecular formula is C19H35N5O. The van der Waals surface area contributed by atoms with Gasteiger partial charge in [0.25, 0.3) is 0 Å². The summed E-state index contributed by atoms with van der Waals surface area (Å²) in [5, 5.41) is 11.0. The van der Waals surface area contributed by atoms with E-state index in [0.717, 1.165) is 42.8 Å². The summed E-state index contributed by atoms with van der Waals surface area (Å²) in [5.41, 5.74) is 2.16. The summed E-state index contributed by atoms with van der Waals surface area (Å²) in [6.07, 6.45) is 3.23. The number of piperidine rings is 1. The van der Waals surface area contributed by atoms with Crippen molar-refractivity contribution in [2.75, 3.05) is 32.7 Å². The minimum atomic E-state index is 0.514. The molecule has 1 aromatic rings. The summed E-state index contributed by atoms with van der Waals surface area (Å²) >= 11 is 0. The van der Waals surface area contributed by atoms with E-state index in [1.807, 2.05) is 13.8 Å². The van der Waals surface area contributed by atoms with E-state index in [2.05, 4.69) is 41.5 Å². The predicted octanol–water partition coefficient (Wildman–Crippen LogP) is 2.51. The molecule has 0 radical (unpaired) electrons. The topological polar surface area (TPSA) is 65.7 Å². The molecule has 1 saturated heterocycles. The molecule has 0 bridgehead atoms. The molecule has 0 saturated carbocycles. The van der Waals surface area contributed by atoms with Crippen LogP contribution in [0.3, 0.4) is 0 Å². The van der Waals surface area contributed by atoms with Gasteiger partial charge in [0.05, 0.1) is 5.69 Å². The number of nitrogens with one attached hydrogen (secondary N) is 2. The maximum Gasteiger partial charge on any atom is 0.191 e. The van der Waals surface area contributed by atoms with E-state index in [-0.39, 0.29) is 0 Å². The number of nitrogens with zero attached hydrogens (tertiary/aromatic N) is 3. The second-order valence-corrected chi connectivity index (χ2v) is 7.43. The van der Waals surface area contributed by atoms with Crippen LogP contribution < -0.4 is 10.6 Å². The minimum Gasteiger partial charge on any atom is -0.361 e. The van der Waals surface area contributed by atoms with E-state index >= 15 is 0 Å². The first-order valence-electron chi connectivity index (χ1n) is 9.68. The smallest absolute Gasteiger partial charge is 0.191 e. The Balaban J connectivity index is 1.82. The van der Waals surface area contributed by atoms with Crippen molar-refractivity contribution in [3.8, 4) is 0 Å². The van der Waals surface area contributed by atoms with Crippen LogP contribution in [0.1, 0.15) is 50.6 Å². The zero-order valence-corrected chi connectivity index (χ0v) is 16.6. The molecule has 2 rings (SSSR count). The highest BCUT2D eigenvalue weighted by Gasteiger charge is 2.20. The van der Waals surface area contributed by atoms with E-state index in [9.17, 15) is 0 Å². The number of aromatic nitrogens is 1. The SMILES string of the molecule is CCNC(=NCCc1c(C)noc1C)NC1CCN(CC(C)C)CC1. The van der Waals surface area contributed by atoms with Crippen molar-refractivity contribution in [2.24, 2.45) is 10.9 Å². The molecular weight excluding hydrogens is 314 g/mol. The molecule has 0 spiro atoms. The Morgan fingerprint density at radius 1 is 1.32 bits per heavy atom. The summed E-state index contributed by atoms with van der Waals surface area (Å²) in [6, 6.07) is 0.514. The van der Waals surface area contributed by atoms with E-state index in [1.54, 1.807) is 0 Å². The third kappa shape index (κ3) is 6.34. The first kappa shape index (κ1) is 19.8. The Hall–Kier alpha value is -1.56. The van der Waals surface area contributed by atoms with Gasteiger partial charge in [-0.25, -0.2) is 0 Å². The highest BCUT2D eigenvalue weighted by atomic mass is 16.5. The maximum atomic E-state index is 5.22. The zero-order chi connectivity index (χ0) is 18.2. The van der Waals surface area contributed by atoms with Crippen molar-refractivity contribution in [1.82, 2.24) is 20.7 Å². The standard InChI is InChI=1S/C19H35N5O/c1-6-20-19(21-10-7-18-15(4)23-25-16(18)5)22-17-8-11-24(12-9-17)13-14(2)3/h14,17H,6-13H2,1-5H3,(H2,20,21,22). The Morgan fingerprint density at radius 3 is 2.60 bits per heavy atom. The van der Waals surface area contributed by atoms with Crippen LogP contribution in [-0.2, 0) is 6.42 Å². The molecule has 1 aliphatic heterocycles. The summed E-state index contributed by atoms with van der Waals surface area (Å²) < 4.78 is 5.22. The van der Waals surface area contributed by atoms with Crippen molar-refractivity contribution in [2.45, 2.75) is 59.9 Å². The normalized spacial score (nSPS) is 17.3. The van der Waals surface area contributed by atoms with Crippen LogP contribution in [0.5, 0.6) is 0 Å². The summed E-state index contributed by atoms with van der Waals surface area (Å²) in [6.45, 7) is 15.8. The van der Waals surface area contributed by atoms with Gasteiger partial charge in [-0.3, -0.25) is 4.99 Å². The largest absolute Gasteiger partial charge is 0.361 e. The van der Waals surface area contributed by atoms with Gasteiger partial charge >= 0.3 is 0 Å². The molecule has 1 aliphatic rings. The predicted molar refractivity (Wildman–Crippen MR) is 103 cm³/mol. The third-order valence-electron chi connectivity index (χ3n) is 4.71. The van der Waals surface area contributed by atoms with Gasteiger partial charge in [0.1, 0.15) is 5.76 Å². The van der Waals surface area contributed by atoms with E-state index in [0.29, 0.717) is 6.04 Å². The molecule has 1 aromatic heterocycles. The lowest BCUT2D eigenvalue weighted by Gasteiger charge is -2.34. The van der Waals surface area contributed by atoms with Gasteiger partial charge in [-0.05, 0) is 46.0 Å². The van der Waals surface area contributed by atoms with Gasteiger partial charge in [0.15, 0.2) is 5.96 Å². The lowest BCUT2D eigenvalue weighted by molar-refractivity contribution is 0.187. The number of likely N-dealkylation sites (tertiary alicyclic amines) is 1. The molecule has 0 atom stereocenters. The molecule has 6 nitrogen and oxygen atoms in total. The fourth-order valence-corrected chi connectivity index (χ4v) is 3.43. The number of rotatable bonds is 7. The summed E-state index contributed by atoms with van der Waals surface area (Å²) in [7, 11) is 0. The van der Waals surface area contributed by atoms with Gasteiger partial charge in [0, 0.05) is 44.3 Å². The van der Waals surface area contributed by atoms with Crippen LogP contribution in [0, 0.1) is 19.8 Å². The molecule has 0 aromatic carbocycles. The van der Waals surface area contributed by atoms with Crippen LogP contribution in [0.15, 0.2) is 9.52 Å². The second-order valence-electron chi connectivity index (χ2n) is 7.43. The first-order valence-corrected chi connectivity index (χ1v) is 9.68.